The van der Waals surface area contributed by atoms with Gasteiger partial charge < -0.3 is 10.6 Å². The third-order valence-corrected chi connectivity index (χ3v) is 6.83. The van der Waals surface area contributed by atoms with E-state index in [1.165, 1.54) is 0 Å². The van der Waals surface area contributed by atoms with Crippen LogP contribution in [-0.2, 0) is 26.1 Å². The van der Waals surface area contributed by atoms with Gasteiger partial charge in [-0.3, -0.25) is 9.69 Å². The highest BCUT2D eigenvalue weighted by Crippen LogP contribution is 2.35. The normalized spacial score (nSPS) is 18.4. The van der Waals surface area contributed by atoms with Crippen LogP contribution in [0.3, 0.4) is 0 Å². The fraction of sp³-hybridized carbons (Fsp3) is 0.389. The molecule has 4 rings (SSSR count). The third-order valence-electron chi connectivity index (χ3n) is 5.09. The standard InChI is InChI=1S/C18H18ClF2N5O3S/c19-12-6-13(20)10(5-14(12)21)17-23-15-9-30(28,29)8-11(15)18(24-17)26-3-1-25(2-4-26)7-16(22)27/h5-6H,1-4,7-9H2,(H2,22,27). The van der Waals surface area contributed by atoms with Gasteiger partial charge in [-0.25, -0.2) is 27.2 Å². The number of nitrogens with zero attached hydrogens (tertiary/aromatic N) is 4. The number of carbonyl (C=O) groups is 1. The van der Waals surface area contributed by atoms with Gasteiger partial charge in [0.2, 0.25) is 5.91 Å². The molecule has 0 bridgehead atoms. The van der Waals surface area contributed by atoms with Crippen molar-refractivity contribution >= 4 is 33.2 Å². The molecule has 2 aromatic rings. The predicted molar refractivity (Wildman–Crippen MR) is 107 cm³/mol. The van der Waals surface area contributed by atoms with E-state index in [1.54, 1.807) is 0 Å². The second kappa shape index (κ2) is 7.71. The third kappa shape index (κ3) is 4.09. The molecule has 30 heavy (non-hydrogen) atoms. The zero-order valence-corrected chi connectivity index (χ0v) is 17.3. The average molecular weight is 458 g/mol. The van der Waals surface area contributed by atoms with Crippen molar-refractivity contribution < 1.29 is 22.0 Å². The molecule has 0 aliphatic carbocycles. The molecular weight excluding hydrogens is 440 g/mol. The number of benzene rings is 1. The second-order valence-electron chi connectivity index (χ2n) is 7.30. The molecule has 8 nitrogen and oxygen atoms in total. The van der Waals surface area contributed by atoms with Crippen LogP contribution in [0.1, 0.15) is 11.3 Å². The number of primary amides is 1. The summed E-state index contributed by atoms with van der Waals surface area (Å²) in [5.74, 6) is -2.29. The van der Waals surface area contributed by atoms with Crippen molar-refractivity contribution in [3.63, 3.8) is 0 Å². The van der Waals surface area contributed by atoms with Gasteiger partial charge >= 0.3 is 0 Å². The highest BCUT2D eigenvalue weighted by molar-refractivity contribution is 7.90. The van der Waals surface area contributed by atoms with E-state index in [-0.39, 0.29) is 40.2 Å². The number of hydrogen-bond acceptors (Lipinski definition) is 7. The number of aromatic nitrogens is 2. The predicted octanol–water partition coefficient (Wildman–Crippen LogP) is 1.11. The maximum absolute atomic E-state index is 14.5. The molecule has 3 heterocycles. The van der Waals surface area contributed by atoms with Crippen LogP contribution in [0.25, 0.3) is 11.4 Å². The van der Waals surface area contributed by atoms with Gasteiger partial charge in [0, 0.05) is 31.7 Å². The topological polar surface area (TPSA) is 109 Å². The van der Waals surface area contributed by atoms with Gasteiger partial charge in [0.1, 0.15) is 17.5 Å². The molecule has 2 N–H and O–H groups in total. The maximum atomic E-state index is 14.5. The molecule has 0 saturated carbocycles. The van der Waals surface area contributed by atoms with Crippen LogP contribution in [0.15, 0.2) is 12.1 Å². The van der Waals surface area contributed by atoms with Gasteiger partial charge in [-0.2, -0.15) is 0 Å². The van der Waals surface area contributed by atoms with E-state index in [2.05, 4.69) is 9.97 Å². The van der Waals surface area contributed by atoms with Gasteiger partial charge in [0.25, 0.3) is 0 Å². The van der Waals surface area contributed by atoms with Crippen LogP contribution in [-0.4, -0.2) is 61.9 Å². The first-order valence-electron chi connectivity index (χ1n) is 9.13. The number of fused-ring (bicyclic) bond motifs is 1. The molecule has 0 atom stereocenters. The van der Waals surface area contributed by atoms with Crippen molar-refractivity contribution in [2.45, 2.75) is 11.5 Å². The van der Waals surface area contributed by atoms with Crippen molar-refractivity contribution in [2.24, 2.45) is 5.73 Å². The lowest BCUT2D eigenvalue weighted by molar-refractivity contribution is -0.119. The monoisotopic (exact) mass is 457 g/mol. The van der Waals surface area contributed by atoms with E-state index in [1.807, 2.05) is 9.80 Å². The van der Waals surface area contributed by atoms with Crippen molar-refractivity contribution in [1.82, 2.24) is 14.9 Å². The Morgan fingerprint density at radius 1 is 1.10 bits per heavy atom. The molecule has 0 radical (unpaired) electrons. The minimum absolute atomic E-state index is 0.103. The Hall–Kier alpha value is -2.37. The molecule has 2 aliphatic rings. The molecule has 0 unspecified atom stereocenters. The number of piperazine rings is 1. The minimum atomic E-state index is -3.41. The summed E-state index contributed by atoms with van der Waals surface area (Å²) in [5.41, 5.74) is 5.79. The van der Waals surface area contributed by atoms with E-state index in [4.69, 9.17) is 17.3 Å². The lowest BCUT2D eigenvalue weighted by Gasteiger charge is -2.35. The summed E-state index contributed by atoms with van der Waals surface area (Å²) < 4.78 is 52.8. The van der Waals surface area contributed by atoms with Crippen LogP contribution in [0.5, 0.6) is 0 Å². The van der Waals surface area contributed by atoms with E-state index in [0.717, 1.165) is 12.1 Å². The van der Waals surface area contributed by atoms with Gasteiger partial charge in [-0.15, -0.1) is 0 Å². The summed E-state index contributed by atoms with van der Waals surface area (Å²) in [4.78, 5) is 23.5. The lowest BCUT2D eigenvalue weighted by atomic mass is 10.1. The molecule has 2 aliphatic heterocycles. The molecule has 0 spiro atoms. The molecule has 1 amide bonds. The second-order valence-corrected chi connectivity index (χ2v) is 9.78. The van der Waals surface area contributed by atoms with Crippen molar-refractivity contribution in [1.29, 1.82) is 0 Å². The zero-order valence-electron chi connectivity index (χ0n) is 15.7. The Labute approximate surface area is 176 Å². The Balaban J connectivity index is 1.74. The first-order valence-corrected chi connectivity index (χ1v) is 11.3. The Bertz CT molecular complexity index is 1140. The van der Waals surface area contributed by atoms with Crippen molar-refractivity contribution in [3.05, 3.63) is 40.0 Å². The van der Waals surface area contributed by atoms with Crippen LogP contribution in [0.2, 0.25) is 5.02 Å². The van der Waals surface area contributed by atoms with Crippen LogP contribution >= 0.6 is 11.6 Å². The molecule has 1 aromatic heterocycles. The fourth-order valence-corrected chi connectivity index (χ4v) is 5.32. The van der Waals surface area contributed by atoms with Crippen LogP contribution in [0.4, 0.5) is 14.6 Å². The summed E-state index contributed by atoms with van der Waals surface area (Å²) in [6.07, 6.45) is 0. The lowest BCUT2D eigenvalue weighted by Crippen LogP contribution is -2.49. The van der Waals surface area contributed by atoms with Crippen LogP contribution < -0.4 is 10.6 Å². The number of hydrogen-bond donors (Lipinski definition) is 1. The summed E-state index contributed by atoms with van der Waals surface area (Å²) in [6, 6.07) is 1.74. The summed E-state index contributed by atoms with van der Waals surface area (Å²) in [6.45, 7) is 2.10. The van der Waals surface area contributed by atoms with Crippen molar-refractivity contribution in [3.8, 4) is 11.4 Å². The highest BCUT2D eigenvalue weighted by atomic mass is 35.5. The molecular formula is C18H18ClF2N5O3S. The fourth-order valence-electron chi connectivity index (χ4n) is 3.68. The average Bonchev–Trinajstić information content (AvgIpc) is 2.98. The molecule has 12 heteroatoms. The number of sulfone groups is 1. The molecule has 160 valence electrons. The number of rotatable bonds is 4. The van der Waals surface area contributed by atoms with Gasteiger partial charge in [0.05, 0.1) is 34.3 Å². The quantitative estimate of drug-likeness (QED) is 0.685. The Kier molecular flexibility index (Phi) is 5.37. The number of halogens is 3. The van der Waals surface area contributed by atoms with Gasteiger partial charge in [-0.1, -0.05) is 11.6 Å². The summed E-state index contributed by atoms with van der Waals surface area (Å²) in [7, 11) is -3.41. The van der Waals surface area contributed by atoms with E-state index in [9.17, 15) is 22.0 Å². The number of anilines is 1. The Morgan fingerprint density at radius 2 is 1.80 bits per heavy atom. The van der Waals surface area contributed by atoms with Gasteiger partial charge in [-0.05, 0) is 12.1 Å². The van der Waals surface area contributed by atoms with E-state index in [0.29, 0.717) is 37.6 Å². The van der Waals surface area contributed by atoms with E-state index < -0.39 is 27.4 Å². The van der Waals surface area contributed by atoms with Crippen LogP contribution in [0, 0.1) is 11.6 Å². The molecule has 1 saturated heterocycles. The first kappa shape index (κ1) is 20.9. The molecule has 1 fully saturated rings. The maximum Gasteiger partial charge on any atom is 0.231 e. The summed E-state index contributed by atoms with van der Waals surface area (Å²) >= 11 is 5.63. The highest BCUT2D eigenvalue weighted by Gasteiger charge is 2.33. The summed E-state index contributed by atoms with van der Waals surface area (Å²) in [5, 5.41) is -0.370. The Morgan fingerprint density at radius 3 is 2.47 bits per heavy atom. The van der Waals surface area contributed by atoms with Gasteiger partial charge in [0.15, 0.2) is 15.7 Å². The largest absolute Gasteiger partial charge is 0.369 e. The number of amides is 1. The minimum Gasteiger partial charge on any atom is -0.369 e. The van der Waals surface area contributed by atoms with E-state index >= 15 is 0 Å². The first-order chi connectivity index (χ1) is 14.1. The zero-order chi connectivity index (χ0) is 21.6. The van der Waals surface area contributed by atoms with Crippen molar-refractivity contribution in [2.75, 3.05) is 37.6 Å². The SMILES string of the molecule is NC(=O)CN1CCN(c2nc(-c3cc(F)c(Cl)cc3F)nc3c2CS(=O)(=O)C3)CC1. The molecule has 1 aromatic carbocycles. The smallest absolute Gasteiger partial charge is 0.231 e. The number of carbonyl (C=O) groups excluding carboxylic acids is 1. The number of nitrogens with two attached hydrogens (primary N) is 1.